The van der Waals surface area contributed by atoms with Crippen molar-refractivity contribution in [1.29, 1.82) is 0 Å². The molecule has 0 amide bonds. The predicted molar refractivity (Wildman–Crippen MR) is 105 cm³/mol. The minimum Gasteiger partial charge on any atom is -0.496 e. The molecule has 0 bridgehead atoms. The van der Waals surface area contributed by atoms with Crippen molar-refractivity contribution in [2.75, 3.05) is 18.9 Å². The fourth-order valence-corrected chi connectivity index (χ4v) is 4.00. The lowest BCUT2D eigenvalue weighted by Gasteiger charge is -2.15. The summed E-state index contributed by atoms with van der Waals surface area (Å²) in [6.45, 7) is 1.98. The van der Waals surface area contributed by atoms with Crippen molar-refractivity contribution in [3.05, 3.63) is 66.5 Å². The highest BCUT2D eigenvalue weighted by atomic mass is 32.2. The number of methoxy groups -OCH3 is 2. The number of rotatable bonds is 6. The van der Waals surface area contributed by atoms with Crippen LogP contribution >= 0.6 is 0 Å². The van der Waals surface area contributed by atoms with E-state index >= 15 is 0 Å². The van der Waals surface area contributed by atoms with Crippen molar-refractivity contribution in [3.8, 4) is 22.6 Å². The number of aromatic nitrogens is 1. The monoisotopic (exact) mass is 384 g/mol. The average Bonchev–Trinajstić information content (AvgIpc) is 2.68. The normalized spacial score (nSPS) is 11.1. The maximum absolute atomic E-state index is 12.7. The van der Waals surface area contributed by atoms with Gasteiger partial charge in [0.05, 0.1) is 19.9 Å². The van der Waals surface area contributed by atoms with Gasteiger partial charge in [-0.3, -0.25) is 9.71 Å². The molecule has 3 rings (SSSR count). The maximum atomic E-state index is 12.7. The molecule has 6 nitrogen and oxygen atoms in total. The fraction of sp³-hybridized carbons (Fsp3) is 0.150. The molecule has 2 aromatic carbocycles. The van der Waals surface area contributed by atoms with Crippen LogP contribution in [0.1, 0.15) is 5.56 Å². The van der Waals surface area contributed by atoms with Crippen molar-refractivity contribution < 1.29 is 17.9 Å². The second-order valence-electron chi connectivity index (χ2n) is 5.86. The molecule has 1 N–H and O–H groups in total. The Hall–Kier alpha value is -3.06. The highest BCUT2D eigenvalue weighted by Crippen LogP contribution is 2.35. The van der Waals surface area contributed by atoms with Crippen LogP contribution in [0, 0.1) is 6.92 Å². The molecule has 0 aliphatic carbocycles. The standard InChI is InChI=1S/C20H20N2O4S/c1-14-10-11-21-13-17(14)16-9-8-15(12-19(16)26-3)22-27(23,24)20-7-5-4-6-18(20)25-2/h4-13,22H,1-3H3. The van der Waals surface area contributed by atoms with Crippen LogP contribution in [-0.4, -0.2) is 27.6 Å². The molecule has 140 valence electrons. The molecule has 0 fully saturated rings. The summed E-state index contributed by atoms with van der Waals surface area (Å²) in [5, 5.41) is 0. The summed E-state index contributed by atoms with van der Waals surface area (Å²) in [5.74, 6) is 0.825. The summed E-state index contributed by atoms with van der Waals surface area (Å²) in [5.41, 5.74) is 3.20. The molecule has 0 unspecified atom stereocenters. The van der Waals surface area contributed by atoms with Gasteiger partial charge in [0.2, 0.25) is 0 Å². The molecular formula is C20H20N2O4S. The molecule has 0 aliphatic rings. The number of pyridine rings is 1. The lowest BCUT2D eigenvalue weighted by molar-refractivity contribution is 0.403. The quantitative estimate of drug-likeness (QED) is 0.698. The van der Waals surface area contributed by atoms with E-state index in [-0.39, 0.29) is 10.6 Å². The van der Waals surface area contributed by atoms with Gasteiger partial charge in [0.25, 0.3) is 10.0 Å². The van der Waals surface area contributed by atoms with E-state index < -0.39 is 10.0 Å². The predicted octanol–water partition coefficient (Wildman–Crippen LogP) is 3.88. The van der Waals surface area contributed by atoms with Crippen LogP contribution in [0.5, 0.6) is 11.5 Å². The smallest absolute Gasteiger partial charge is 0.265 e. The van der Waals surface area contributed by atoms with Gasteiger partial charge in [0.1, 0.15) is 16.4 Å². The molecular weight excluding hydrogens is 364 g/mol. The largest absolute Gasteiger partial charge is 0.496 e. The van der Waals surface area contributed by atoms with Crippen molar-refractivity contribution in [2.45, 2.75) is 11.8 Å². The Morgan fingerprint density at radius 1 is 0.926 bits per heavy atom. The van der Waals surface area contributed by atoms with Gasteiger partial charge in [-0.1, -0.05) is 12.1 Å². The minimum atomic E-state index is -3.81. The Bertz CT molecular complexity index is 1070. The van der Waals surface area contributed by atoms with Gasteiger partial charge in [-0.15, -0.1) is 0 Å². The molecule has 7 heteroatoms. The SMILES string of the molecule is COc1cc(NS(=O)(=O)c2ccccc2OC)ccc1-c1cnccc1C. The first-order valence-corrected chi connectivity index (χ1v) is 9.69. The molecule has 0 radical (unpaired) electrons. The first-order valence-electron chi connectivity index (χ1n) is 8.21. The zero-order valence-electron chi connectivity index (χ0n) is 15.3. The number of para-hydroxylation sites is 1. The Morgan fingerprint density at radius 3 is 2.37 bits per heavy atom. The Kier molecular flexibility index (Phi) is 5.32. The van der Waals surface area contributed by atoms with Crippen LogP contribution < -0.4 is 14.2 Å². The molecule has 0 saturated heterocycles. The summed E-state index contributed by atoms with van der Waals surface area (Å²) in [7, 11) is -0.832. The lowest BCUT2D eigenvalue weighted by atomic mass is 10.0. The maximum Gasteiger partial charge on any atom is 0.265 e. The molecule has 0 saturated carbocycles. The molecule has 27 heavy (non-hydrogen) atoms. The van der Waals surface area contributed by atoms with E-state index in [1.54, 1.807) is 49.8 Å². The van der Waals surface area contributed by atoms with Gasteiger partial charge in [0, 0.05) is 29.6 Å². The summed E-state index contributed by atoms with van der Waals surface area (Å²) in [4.78, 5) is 4.23. The van der Waals surface area contributed by atoms with Gasteiger partial charge in [-0.25, -0.2) is 8.42 Å². The van der Waals surface area contributed by atoms with Gasteiger partial charge in [0.15, 0.2) is 0 Å². The Labute approximate surface area is 158 Å². The highest BCUT2D eigenvalue weighted by Gasteiger charge is 2.20. The highest BCUT2D eigenvalue weighted by molar-refractivity contribution is 7.92. The molecule has 0 atom stereocenters. The zero-order valence-corrected chi connectivity index (χ0v) is 16.1. The van der Waals surface area contributed by atoms with E-state index in [0.717, 1.165) is 16.7 Å². The van der Waals surface area contributed by atoms with Crippen LogP contribution in [0.15, 0.2) is 65.8 Å². The number of hydrogen-bond acceptors (Lipinski definition) is 5. The Morgan fingerprint density at radius 2 is 1.67 bits per heavy atom. The second-order valence-corrected chi connectivity index (χ2v) is 7.51. The average molecular weight is 384 g/mol. The van der Waals surface area contributed by atoms with Crippen LogP contribution in [-0.2, 0) is 10.0 Å². The zero-order chi connectivity index (χ0) is 19.4. The third-order valence-corrected chi connectivity index (χ3v) is 5.56. The summed E-state index contributed by atoms with van der Waals surface area (Å²) >= 11 is 0. The van der Waals surface area contributed by atoms with Gasteiger partial charge < -0.3 is 9.47 Å². The van der Waals surface area contributed by atoms with Crippen molar-refractivity contribution in [3.63, 3.8) is 0 Å². The Balaban J connectivity index is 1.98. The number of anilines is 1. The molecule has 1 aromatic heterocycles. The number of benzene rings is 2. The molecule has 0 aliphatic heterocycles. The molecule has 0 spiro atoms. The van der Waals surface area contributed by atoms with E-state index in [1.807, 2.05) is 19.1 Å². The number of aryl methyl sites for hydroxylation is 1. The first-order chi connectivity index (χ1) is 13.0. The van der Waals surface area contributed by atoms with Gasteiger partial charge in [-0.2, -0.15) is 0 Å². The van der Waals surface area contributed by atoms with E-state index in [4.69, 9.17) is 9.47 Å². The molecule has 1 heterocycles. The van der Waals surface area contributed by atoms with Crippen LogP contribution in [0.3, 0.4) is 0 Å². The third kappa shape index (κ3) is 3.88. The first kappa shape index (κ1) is 18.7. The lowest BCUT2D eigenvalue weighted by Crippen LogP contribution is -2.14. The third-order valence-electron chi connectivity index (χ3n) is 4.14. The minimum absolute atomic E-state index is 0.0682. The number of ether oxygens (including phenoxy) is 2. The summed E-state index contributed by atoms with van der Waals surface area (Å²) < 4.78 is 38.7. The summed E-state index contributed by atoms with van der Waals surface area (Å²) in [6, 6.07) is 13.5. The molecule has 3 aromatic rings. The number of hydrogen-bond donors (Lipinski definition) is 1. The second kappa shape index (κ2) is 7.67. The van der Waals surface area contributed by atoms with E-state index in [2.05, 4.69) is 9.71 Å². The van der Waals surface area contributed by atoms with Crippen LogP contribution in [0.25, 0.3) is 11.1 Å². The van der Waals surface area contributed by atoms with Crippen LogP contribution in [0.2, 0.25) is 0 Å². The topological polar surface area (TPSA) is 77.5 Å². The number of sulfonamides is 1. The van der Waals surface area contributed by atoms with Crippen molar-refractivity contribution in [2.24, 2.45) is 0 Å². The van der Waals surface area contributed by atoms with Crippen LogP contribution in [0.4, 0.5) is 5.69 Å². The number of nitrogens with zero attached hydrogens (tertiary/aromatic N) is 1. The number of nitrogens with one attached hydrogen (secondary N) is 1. The van der Waals surface area contributed by atoms with Gasteiger partial charge in [-0.05, 0) is 42.8 Å². The van der Waals surface area contributed by atoms with E-state index in [1.165, 1.54) is 13.2 Å². The van der Waals surface area contributed by atoms with E-state index in [0.29, 0.717) is 11.4 Å². The van der Waals surface area contributed by atoms with E-state index in [9.17, 15) is 8.42 Å². The fourth-order valence-electron chi connectivity index (χ4n) is 2.77. The summed E-state index contributed by atoms with van der Waals surface area (Å²) in [6.07, 6.45) is 3.48. The van der Waals surface area contributed by atoms with Gasteiger partial charge >= 0.3 is 0 Å². The van der Waals surface area contributed by atoms with Crippen molar-refractivity contribution in [1.82, 2.24) is 4.98 Å². The van der Waals surface area contributed by atoms with Crippen molar-refractivity contribution >= 4 is 15.7 Å².